The van der Waals surface area contributed by atoms with Crippen LogP contribution in [-0.4, -0.2) is 60.3 Å². The summed E-state index contributed by atoms with van der Waals surface area (Å²) in [5.41, 5.74) is -0.402. The van der Waals surface area contributed by atoms with Gasteiger partial charge in [-0.3, -0.25) is 0 Å². The van der Waals surface area contributed by atoms with Crippen LogP contribution in [0.2, 0.25) is 0 Å². The fourth-order valence-corrected chi connectivity index (χ4v) is 4.21. The van der Waals surface area contributed by atoms with E-state index in [1.165, 1.54) is 5.47 Å². The molecule has 6 nitrogen and oxygen atoms in total. The smallest absolute Gasteiger partial charge is 0.400 e. The molecule has 0 radical (unpaired) electrons. The highest BCUT2D eigenvalue weighted by Crippen LogP contribution is 2.40. The third-order valence-electron chi connectivity index (χ3n) is 9.33. The third kappa shape index (κ3) is 18.8. The van der Waals surface area contributed by atoms with E-state index in [4.69, 9.17) is 62.7 Å². The van der Waals surface area contributed by atoms with Crippen molar-refractivity contribution in [1.29, 1.82) is 0 Å². The Bertz CT molecular complexity index is 964. The zero-order valence-electron chi connectivity index (χ0n) is 32.4. The van der Waals surface area contributed by atoms with Gasteiger partial charge in [-0.2, -0.15) is 0 Å². The second kappa shape index (κ2) is 25.9. The van der Waals surface area contributed by atoms with Gasteiger partial charge >= 0.3 is 21.4 Å². The maximum Gasteiger partial charge on any atom is 0.551 e. The molecule has 0 saturated carbocycles. The normalized spacial score (nSPS) is 21.2. The molecule has 0 bridgehead atoms. The third-order valence-corrected chi connectivity index (χ3v) is 9.67. The zero-order valence-corrected chi connectivity index (χ0v) is 34.7. The summed E-state index contributed by atoms with van der Waals surface area (Å²) in [5.74, 6) is 6.05. The fourth-order valence-electron chi connectivity index (χ4n) is 4.01. The van der Waals surface area contributed by atoms with Gasteiger partial charge in [-0.25, -0.2) is 0 Å². The van der Waals surface area contributed by atoms with Gasteiger partial charge in [-0.15, -0.1) is 29.1 Å². The molecule has 3 fully saturated rings. The van der Waals surface area contributed by atoms with Gasteiger partial charge in [0.25, 0.3) is 0 Å². The van der Waals surface area contributed by atoms with Crippen LogP contribution in [-0.2, 0) is 27.9 Å². The summed E-state index contributed by atoms with van der Waals surface area (Å²) in [6, 6.07) is 0. The number of alkyl halides is 2. The minimum atomic E-state index is -0.400. The molecule has 3 aliphatic heterocycles. The Balaban J connectivity index is -0.000000192. The lowest BCUT2D eigenvalue weighted by Gasteiger charge is -2.32. The lowest BCUT2D eigenvalue weighted by atomic mass is 9.79. The number of hydrogen-bond donors (Lipinski definition) is 0. The minimum absolute atomic E-state index is 0. The molecule has 0 aromatic carbocycles. The first-order valence-electron chi connectivity index (χ1n) is 17.1. The van der Waals surface area contributed by atoms with Crippen LogP contribution in [0.15, 0.2) is 22.6 Å². The lowest BCUT2D eigenvalue weighted by Crippen LogP contribution is -2.41. The SMILES string of the molecule is C.C.C.C.CCC/C=C(/C)B1OC(C)(C)C(C)(C)O1.CCC/C=C(/Cl)B1OC(C)(C)C(C)(C)O1.CCCC#CB1OC(C)(C)C(C)(C)O1.ClCCl. The minimum Gasteiger partial charge on any atom is -0.400 e. The predicted octanol–water partition coefficient (Wildman–Crippen LogP) is 13.3. The van der Waals surface area contributed by atoms with Gasteiger partial charge in [0.1, 0.15) is 0 Å². The summed E-state index contributed by atoms with van der Waals surface area (Å²) < 4.78 is 34.9. The molecule has 0 aromatic heterocycles. The molecule has 0 aromatic rings. The Morgan fingerprint density at radius 2 is 0.863 bits per heavy atom. The topological polar surface area (TPSA) is 55.4 Å². The van der Waals surface area contributed by atoms with E-state index in [2.05, 4.69) is 73.2 Å². The molecule has 3 rings (SSSR count). The molecular weight excluding hydrogens is 703 g/mol. The predicted molar refractivity (Wildman–Crippen MR) is 232 cm³/mol. The molecule has 3 heterocycles. The van der Waals surface area contributed by atoms with Crippen LogP contribution in [0.25, 0.3) is 0 Å². The molecule has 0 spiro atoms. The van der Waals surface area contributed by atoms with Gasteiger partial charge in [-0.05, 0) is 115 Å². The summed E-state index contributed by atoms with van der Waals surface area (Å²) in [6.07, 6.45) is 10.5. The van der Waals surface area contributed by atoms with E-state index in [1.54, 1.807) is 0 Å². The molecule has 0 unspecified atom stereocenters. The Kier molecular flexibility index (Phi) is 30.5. The first kappa shape index (κ1) is 60.1. The van der Waals surface area contributed by atoms with Crippen molar-refractivity contribution in [3.63, 3.8) is 0 Å². The quantitative estimate of drug-likeness (QED) is 0.146. The van der Waals surface area contributed by atoms with Crippen molar-refractivity contribution in [3.05, 3.63) is 22.6 Å². The maximum atomic E-state index is 6.13. The molecule has 0 atom stereocenters. The number of allylic oxidation sites excluding steroid dienone is 3. The molecule has 0 aliphatic carbocycles. The Labute approximate surface area is 335 Å². The first-order valence-corrected chi connectivity index (χ1v) is 18.5. The van der Waals surface area contributed by atoms with E-state index >= 15 is 0 Å². The van der Waals surface area contributed by atoms with Gasteiger partial charge in [0.2, 0.25) is 0 Å². The summed E-state index contributed by atoms with van der Waals surface area (Å²) in [6.45, 7) is 33.1. The van der Waals surface area contributed by atoms with Gasteiger partial charge in [0, 0.05) is 11.4 Å². The molecule has 12 heteroatoms. The summed E-state index contributed by atoms with van der Waals surface area (Å²) in [7, 11) is -0.920. The standard InChI is InChI=1S/C12H23BO2.C11H20BClO2.C11H19BO2.CH2Cl2.4CH4/c1-7-8-9-10(2)13-14-11(3,4)12(5,6)15-13;1-6-7-8-9(13)12-14-10(2,3)11(4,5)15-12;1-6-7-8-9-12-13-10(2,3)11(4,5)14-12;2-1-3;;;;/h9H,7-8H2,1-6H3;8H,6-7H2,1-5H3;6-7H2,1-5H3;1H2;4*1H4/b10-9-;9-8+;;;;;;. The lowest BCUT2D eigenvalue weighted by molar-refractivity contribution is 0.00578. The highest BCUT2D eigenvalue weighted by atomic mass is 35.5. The van der Waals surface area contributed by atoms with Crippen molar-refractivity contribution in [2.75, 3.05) is 5.34 Å². The average molecular weight is 784 g/mol. The molecule has 3 aliphatic rings. The molecule has 51 heavy (non-hydrogen) atoms. The molecule has 302 valence electrons. The maximum absolute atomic E-state index is 6.13. The van der Waals surface area contributed by atoms with Gasteiger partial charge in [0.15, 0.2) is 0 Å². The molecular formula is C39H80B3Cl3O6. The summed E-state index contributed by atoms with van der Waals surface area (Å²) in [5, 5.41) is 0.194. The fraction of sp³-hybridized carbons (Fsp3) is 0.846. The van der Waals surface area contributed by atoms with Crippen LogP contribution in [0.1, 0.15) is 179 Å². The van der Waals surface area contributed by atoms with Crippen LogP contribution in [0.3, 0.4) is 0 Å². The van der Waals surface area contributed by atoms with Crippen molar-refractivity contribution in [2.24, 2.45) is 0 Å². The van der Waals surface area contributed by atoms with Gasteiger partial charge in [-0.1, -0.05) is 92.9 Å². The van der Waals surface area contributed by atoms with Crippen molar-refractivity contribution < 1.29 is 27.9 Å². The van der Waals surface area contributed by atoms with Crippen LogP contribution in [0.4, 0.5) is 0 Å². The second-order valence-electron chi connectivity index (χ2n) is 15.1. The van der Waals surface area contributed by atoms with Crippen LogP contribution < -0.4 is 0 Å². The number of unbranched alkanes of at least 4 members (excludes halogenated alkanes) is 3. The van der Waals surface area contributed by atoms with E-state index in [9.17, 15) is 0 Å². The van der Waals surface area contributed by atoms with Crippen LogP contribution in [0, 0.1) is 11.7 Å². The Hall–Kier alpha value is -0.135. The van der Waals surface area contributed by atoms with Gasteiger partial charge < -0.3 is 27.9 Å². The Morgan fingerprint density at radius 3 is 1.20 bits per heavy atom. The van der Waals surface area contributed by atoms with E-state index in [0.29, 0.717) is 4.93 Å². The van der Waals surface area contributed by atoms with Crippen molar-refractivity contribution in [3.8, 4) is 11.7 Å². The molecule has 0 amide bonds. The van der Waals surface area contributed by atoms with Crippen molar-refractivity contribution in [1.82, 2.24) is 0 Å². The monoisotopic (exact) mass is 783 g/mol. The summed E-state index contributed by atoms with van der Waals surface area (Å²) in [4.78, 5) is 0.663. The largest absolute Gasteiger partial charge is 0.551 e. The van der Waals surface area contributed by atoms with E-state index in [0.717, 1.165) is 38.5 Å². The Morgan fingerprint density at radius 1 is 0.549 bits per heavy atom. The molecule has 0 N–H and O–H groups in total. The van der Waals surface area contributed by atoms with Crippen LogP contribution >= 0.6 is 34.8 Å². The van der Waals surface area contributed by atoms with Crippen molar-refractivity contribution in [2.45, 2.75) is 213 Å². The average Bonchev–Trinajstić information content (AvgIpc) is 3.40. The first-order chi connectivity index (χ1) is 21.4. The zero-order chi connectivity index (χ0) is 36.9. The van der Waals surface area contributed by atoms with E-state index in [1.807, 2.05) is 61.5 Å². The summed E-state index contributed by atoms with van der Waals surface area (Å²) >= 11 is 15.7. The highest BCUT2D eigenvalue weighted by molar-refractivity contribution is 6.69. The second-order valence-corrected chi connectivity index (χ2v) is 16.3. The van der Waals surface area contributed by atoms with E-state index in [-0.39, 0.29) is 82.9 Å². The van der Waals surface area contributed by atoms with Crippen LogP contribution in [0.5, 0.6) is 0 Å². The number of halogens is 3. The number of rotatable bonds is 7. The molecule has 3 saturated heterocycles. The van der Waals surface area contributed by atoms with E-state index < -0.39 is 7.12 Å². The van der Waals surface area contributed by atoms with Gasteiger partial charge in [0.05, 0.1) is 38.9 Å². The highest BCUT2D eigenvalue weighted by Gasteiger charge is 2.53. The number of hydrogen-bond acceptors (Lipinski definition) is 6. The van der Waals surface area contributed by atoms with Crippen molar-refractivity contribution >= 4 is 56.2 Å².